The summed E-state index contributed by atoms with van der Waals surface area (Å²) >= 11 is 1.45. The zero-order valence-corrected chi connectivity index (χ0v) is 20.0. The van der Waals surface area contributed by atoms with Crippen LogP contribution in [0.5, 0.6) is 11.5 Å². The normalized spacial score (nSPS) is 14.6. The van der Waals surface area contributed by atoms with E-state index in [0.29, 0.717) is 22.1 Å². The molecule has 5 rings (SSSR count). The van der Waals surface area contributed by atoms with Crippen molar-refractivity contribution in [2.24, 2.45) is 0 Å². The van der Waals surface area contributed by atoms with E-state index < -0.39 is 0 Å². The fourth-order valence-electron chi connectivity index (χ4n) is 4.15. The molecule has 7 nitrogen and oxygen atoms in total. The van der Waals surface area contributed by atoms with Gasteiger partial charge in [0.2, 0.25) is 0 Å². The maximum atomic E-state index is 12.9. The minimum atomic E-state index is -0.266. The van der Waals surface area contributed by atoms with Gasteiger partial charge in [-0.05, 0) is 72.9 Å². The van der Waals surface area contributed by atoms with Crippen LogP contribution in [0.3, 0.4) is 0 Å². The fraction of sp³-hybridized carbons (Fsp3) is 0.185. The number of ether oxygens (including phenoxy) is 1. The summed E-state index contributed by atoms with van der Waals surface area (Å²) in [7, 11) is 1.56. The van der Waals surface area contributed by atoms with Crippen molar-refractivity contribution in [2.45, 2.75) is 25.3 Å². The topological polar surface area (TPSA) is 93.2 Å². The molecule has 1 aromatic carbocycles. The lowest BCUT2D eigenvalue weighted by Crippen LogP contribution is -2.38. The first-order valence-corrected chi connectivity index (χ1v) is 12.2. The van der Waals surface area contributed by atoms with Crippen molar-refractivity contribution in [3.05, 3.63) is 94.8 Å². The van der Waals surface area contributed by atoms with Crippen molar-refractivity contribution in [2.75, 3.05) is 7.05 Å². The smallest absolute Gasteiger partial charge is 0.269 e. The van der Waals surface area contributed by atoms with Crippen LogP contribution in [0, 0.1) is 0 Å². The Morgan fingerprint density at radius 2 is 1.83 bits per heavy atom. The molecule has 0 fully saturated rings. The predicted octanol–water partition coefficient (Wildman–Crippen LogP) is 4.64. The summed E-state index contributed by atoms with van der Waals surface area (Å²) in [5, 5.41) is 5.76. The monoisotopic (exact) mass is 484 g/mol. The van der Waals surface area contributed by atoms with E-state index in [4.69, 9.17) is 4.74 Å². The SMILES string of the molecule is CNC(=O)c1cc(Oc2ccc3c(c2)CC(NC(=O)c2ccc(-c4ccccn4)s2)CC3)ccn1. The van der Waals surface area contributed by atoms with Gasteiger partial charge in [-0.15, -0.1) is 11.3 Å². The number of benzene rings is 1. The van der Waals surface area contributed by atoms with Gasteiger partial charge in [0, 0.05) is 31.5 Å². The number of nitrogens with one attached hydrogen (secondary N) is 2. The van der Waals surface area contributed by atoms with E-state index in [1.807, 2.05) is 42.5 Å². The number of amides is 2. The summed E-state index contributed by atoms with van der Waals surface area (Å²) in [6.45, 7) is 0. The molecular formula is C27H24N4O3S. The van der Waals surface area contributed by atoms with Crippen molar-refractivity contribution >= 4 is 23.2 Å². The first kappa shape index (κ1) is 22.7. The van der Waals surface area contributed by atoms with E-state index in [0.717, 1.165) is 35.4 Å². The number of carbonyl (C=O) groups excluding carboxylic acids is 2. The summed E-state index contributed by atoms with van der Waals surface area (Å²) in [5.41, 5.74) is 3.58. The van der Waals surface area contributed by atoms with Gasteiger partial charge in [0.15, 0.2) is 0 Å². The lowest BCUT2D eigenvalue weighted by atomic mass is 9.88. The summed E-state index contributed by atoms with van der Waals surface area (Å²) in [5.74, 6) is 0.901. The summed E-state index contributed by atoms with van der Waals surface area (Å²) in [6, 6.07) is 18.9. The molecule has 0 saturated carbocycles. The molecule has 0 radical (unpaired) electrons. The van der Waals surface area contributed by atoms with Crippen molar-refractivity contribution < 1.29 is 14.3 Å². The molecule has 0 bridgehead atoms. The van der Waals surface area contributed by atoms with Crippen LogP contribution in [0.15, 0.2) is 73.1 Å². The van der Waals surface area contributed by atoms with Crippen molar-refractivity contribution in [1.82, 2.24) is 20.6 Å². The summed E-state index contributed by atoms with van der Waals surface area (Å²) in [6.07, 6.45) is 5.81. The van der Waals surface area contributed by atoms with E-state index in [1.54, 1.807) is 31.6 Å². The molecule has 1 unspecified atom stereocenters. The van der Waals surface area contributed by atoms with Crippen LogP contribution in [0.2, 0.25) is 0 Å². The minimum Gasteiger partial charge on any atom is -0.457 e. The second-order valence-electron chi connectivity index (χ2n) is 8.28. The van der Waals surface area contributed by atoms with Crippen LogP contribution in [-0.2, 0) is 12.8 Å². The van der Waals surface area contributed by atoms with Crippen LogP contribution >= 0.6 is 11.3 Å². The molecule has 35 heavy (non-hydrogen) atoms. The second kappa shape index (κ2) is 10.1. The number of pyridine rings is 2. The van der Waals surface area contributed by atoms with Gasteiger partial charge in [0.05, 0.1) is 15.4 Å². The van der Waals surface area contributed by atoms with Crippen LogP contribution in [-0.4, -0.2) is 34.9 Å². The molecule has 1 aliphatic rings. The Labute approximate surface area is 207 Å². The second-order valence-corrected chi connectivity index (χ2v) is 9.36. The van der Waals surface area contributed by atoms with Gasteiger partial charge in [-0.3, -0.25) is 19.6 Å². The van der Waals surface area contributed by atoms with Crippen LogP contribution in [0.25, 0.3) is 10.6 Å². The molecule has 0 saturated heterocycles. The third kappa shape index (κ3) is 5.22. The zero-order chi connectivity index (χ0) is 24.2. The van der Waals surface area contributed by atoms with E-state index in [-0.39, 0.29) is 17.9 Å². The van der Waals surface area contributed by atoms with Gasteiger partial charge in [-0.25, -0.2) is 0 Å². The van der Waals surface area contributed by atoms with Crippen LogP contribution in [0.1, 0.15) is 37.7 Å². The molecular weight excluding hydrogens is 460 g/mol. The predicted molar refractivity (Wildman–Crippen MR) is 135 cm³/mol. The Bertz CT molecular complexity index is 1370. The molecule has 3 heterocycles. The number of rotatable bonds is 6. The number of aryl methyl sites for hydroxylation is 1. The van der Waals surface area contributed by atoms with Gasteiger partial charge in [0.1, 0.15) is 17.2 Å². The van der Waals surface area contributed by atoms with Gasteiger partial charge in [-0.1, -0.05) is 12.1 Å². The van der Waals surface area contributed by atoms with Crippen molar-refractivity contribution in [3.63, 3.8) is 0 Å². The number of hydrogen-bond donors (Lipinski definition) is 2. The Balaban J connectivity index is 1.25. The lowest BCUT2D eigenvalue weighted by Gasteiger charge is -2.26. The van der Waals surface area contributed by atoms with E-state index in [9.17, 15) is 9.59 Å². The molecule has 176 valence electrons. The number of carbonyl (C=O) groups is 2. The van der Waals surface area contributed by atoms with Crippen LogP contribution in [0.4, 0.5) is 0 Å². The average Bonchev–Trinajstić information content (AvgIpc) is 3.39. The fourth-order valence-corrected chi connectivity index (χ4v) is 5.03. The van der Waals surface area contributed by atoms with E-state index in [2.05, 4.69) is 26.7 Å². The lowest BCUT2D eigenvalue weighted by molar-refractivity contribution is 0.0935. The Kier molecular flexibility index (Phi) is 6.54. The first-order chi connectivity index (χ1) is 17.1. The first-order valence-electron chi connectivity index (χ1n) is 11.4. The summed E-state index contributed by atoms with van der Waals surface area (Å²) in [4.78, 5) is 34.8. The maximum Gasteiger partial charge on any atom is 0.269 e. The highest BCUT2D eigenvalue weighted by Gasteiger charge is 2.22. The van der Waals surface area contributed by atoms with Crippen molar-refractivity contribution in [3.8, 4) is 22.1 Å². The largest absolute Gasteiger partial charge is 0.457 e. The number of nitrogens with zero attached hydrogens (tertiary/aromatic N) is 2. The highest BCUT2D eigenvalue weighted by atomic mass is 32.1. The minimum absolute atomic E-state index is 0.0476. The van der Waals surface area contributed by atoms with Gasteiger partial charge in [-0.2, -0.15) is 0 Å². The molecule has 1 atom stereocenters. The number of fused-ring (bicyclic) bond motifs is 1. The van der Waals surface area contributed by atoms with E-state index in [1.165, 1.54) is 16.9 Å². The molecule has 2 amide bonds. The molecule has 0 aliphatic heterocycles. The molecule has 3 aromatic heterocycles. The number of hydrogen-bond acceptors (Lipinski definition) is 6. The Hall–Kier alpha value is -4.04. The van der Waals surface area contributed by atoms with Gasteiger partial charge < -0.3 is 15.4 Å². The number of aromatic nitrogens is 2. The van der Waals surface area contributed by atoms with Crippen LogP contribution < -0.4 is 15.4 Å². The third-order valence-electron chi connectivity index (χ3n) is 5.92. The molecule has 1 aliphatic carbocycles. The Morgan fingerprint density at radius 1 is 0.943 bits per heavy atom. The van der Waals surface area contributed by atoms with Gasteiger partial charge in [0.25, 0.3) is 11.8 Å². The summed E-state index contributed by atoms with van der Waals surface area (Å²) < 4.78 is 6.00. The third-order valence-corrected chi connectivity index (χ3v) is 7.02. The van der Waals surface area contributed by atoms with Crippen molar-refractivity contribution in [1.29, 1.82) is 0 Å². The molecule has 8 heteroatoms. The quantitative estimate of drug-likeness (QED) is 0.416. The molecule has 4 aromatic rings. The highest BCUT2D eigenvalue weighted by Crippen LogP contribution is 2.30. The highest BCUT2D eigenvalue weighted by molar-refractivity contribution is 7.17. The molecule has 2 N–H and O–H groups in total. The Morgan fingerprint density at radius 3 is 2.66 bits per heavy atom. The average molecular weight is 485 g/mol. The van der Waals surface area contributed by atoms with E-state index >= 15 is 0 Å². The molecule has 0 spiro atoms. The zero-order valence-electron chi connectivity index (χ0n) is 19.2. The maximum absolute atomic E-state index is 12.9. The van der Waals surface area contributed by atoms with Gasteiger partial charge >= 0.3 is 0 Å². The number of thiophene rings is 1. The standard InChI is InChI=1S/C27H24N4O3S/c1-28-26(32)23-16-21(11-13-30-23)34-20-8-6-17-5-7-19(14-18(17)15-20)31-27(33)25-10-9-24(35-25)22-4-2-3-12-29-22/h2-4,6,8-13,15-16,19H,5,7,14H2,1H3,(H,28,32)(H,31,33).